The summed E-state index contributed by atoms with van der Waals surface area (Å²) in [5, 5.41) is 0. The quantitative estimate of drug-likeness (QED) is 0.210. The lowest BCUT2D eigenvalue weighted by molar-refractivity contribution is 0.223. The molecule has 1 fully saturated rings. The number of fused-ring (bicyclic) bond motifs is 1. The molecule has 0 saturated carbocycles. The first-order valence-corrected chi connectivity index (χ1v) is 15.6. The molecule has 0 unspecified atom stereocenters. The third-order valence-electron chi connectivity index (χ3n) is 8.24. The van der Waals surface area contributed by atoms with Crippen LogP contribution in [0.4, 0.5) is 5.69 Å². The van der Waals surface area contributed by atoms with E-state index in [4.69, 9.17) is 4.99 Å². The van der Waals surface area contributed by atoms with Gasteiger partial charge in [-0.15, -0.1) is 0 Å². The van der Waals surface area contributed by atoms with Gasteiger partial charge in [0.15, 0.2) is 0 Å². The van der Waals surface area contributed by atoms with Gasteiger partial charge in [-0.25, -0.2) is 4.99 Å². The number of rotatable bonds is 14. The molecule has 6 nitrogen and oxygen atoms in total. The summed E-state index contributed by atoms with van der Waals surface area (Å²) in [6.07, 6.45) is 8.34. The number of para-hydroxylation sites is 1. The van der Waals surface area contributed by atoms with Gasteiger partial charge >= 0.3 is 0 Å². The van der Waals surface area contributed by atoms with Gasteiger partial charge < -0.3 is 9.47 Å². The average molecular weight is 546 g/mol. The van der Waals surface area contributed by atoms with Crippen LogP contribution in [0.15, 0.2) is 47.5 Å². The Labute approximate surface area is 241 Å². The van der Waals surface area contributed by atoms with Crippen LogP contribution < -0.4 is 5.62 Å². The Morgan fingerprint density at radius 3 is 2.25 bits per heavy atom. The van der Waals surface area contributed by atoms with E-state index in [9.17, 15) is 4.79 Å². The zero-order valence-electron chi connectivity index (χ0n) is 25.6. The minimum atomic E-state index is 0.693. The Balaban J connectivity index is 1.71. The number of imidazole rings is 1. The Morgan fingerprint density at radius 2 is 1.60 bits per heavy atom. The van der Waals surface area contributed by atoms with Gasteiger partial charge in [0.2, 0.25) is 12.0 Å². The van der Waals surface area contributed by atoms with E-state index in [1.165, 1.54) is 50.8 Å². The summed E-state index contributed by atoms with van der Waals surface area (Å²) in [6, 6.07) is 14.8. The van der Waals surface area contributed by atoms with Gasteiger partial charge in [0.25, 0.3) is 0 Å². The van der Waals surface area contributed by atoms with Crippen LogP contribution in [0.5, 0.6) is 0 Å². The summed E-state index contributed by atoms with van der Waals surface area (Å²) in [4.78, 5) is 22.8. The summed E-state index contributed by atoms with van der Waals surface area (Å²) in [5.74, 6) is 1.39. The first kappa shape index (κ1) is 30.3. The second kappa shape index (κ2) is 14.8. The smallest absolute Gasteiger partial charge is 0.221 e. The van der Waals surface area contributed by atoms with E-state index < -0.39 is 0 Å². The molecule has 6 heteroatoms. The number of nitrogens with zero attached hydrogens (tertiary/aromatic N) is 5. The molecule has 1 saturated heterocycles. The molecular weight excluding hydrogens is 494 g/mol. The van der Waals surface area contributed by atoms with Crippen molar-refractivity contribution in [1.29, 1.82) is 0 Å². The molecule has 0 N–H and O–H groups in total. The van der Waals surface area contributed by atoms with Gasteiger partial charge in [-0.1, -0.05) is 58.4 Å². The Morgan fingerprint density at radius 1 is 0.900 bits per heavy atom. The van der Waals surface area contributed by atoms with E-state index in [0.717, 1.165) is 67.8 Å². The molecule has 3 aromatic rings. The number of piperidine rings is 1. The molecule has 0 radical (unpaired) electrons. The zero-order chi connectivity index (χ0) is 28.5. The number of aromatic nitrogens is 2. The van der Waals surface area contributed by atoms with E-state index in [2.05, 4.69) is 73.3 Å². The van der Waals surface area contributed by atoms with Gasteiger partial charge in [0.05, 0.1) is 16.7 Å². The monoisotopic (exact) mass is 545 g/mol. The largest absolute Gasteiger partial charge is 0.309 e. The van der Waals surface area contributed by atoms with E-state index >= 15 is 0 Å². The van der Waals surface area contributed by atoms with Gasteiger partial charge in [0.1, 0.15) is 0 Å². The average Bonchev–Trinajstić information content (AvgIpc) is 3.23. The van der Waals surface area contributed by atoms with E-state index in [0.29, 0.717) is 17.5 Å². The lowest BCUT2D eigenvalue weighted by Crippen LogP contribution is -2.32. The maximum Gasteiger partial charge on any atom is 0.221 e. The first-order chi connectivity index (χ1) is 19.4. The van der Waals surface area contributed by atoms with Crippen molar-refractivity contribution in [1.82, 2.24) is 18.9 Å². The zero-order valence-corrected chi connectivity index (χ0v) is 25.6. The molecule has 218 valence electrons. The number of benzene rings is 2. The van der Waals surface area contributed by atoms with Crippen molar-refractivity contribution in [2.45, 2.75) is 86.2 Å². The summed E-state index contributed by atoms with van der Waals surface area (Å²) in [5.41, 5.74) is 6.06. The summed E-state index contributed by atoms with van der Waals surface area (Å²) in [7, 11) is 0. The highest BCUT2D eigenvalue weighted by molar-refractivity contribution is 5.82. The third kappa shape index (κ3) is 8.17. The summed E-state index contributed by atoms with van der Waals surface area (Å²) >= 11 is 0. The fraction of sp³-hybridized carbons (Fsp3) is 0.588. The maximum atomic E-state index is 12.5. The number of carbonyl (C=O) groups excluding carboxylic acids is 1. The molecule has 2 heterocycles. The summed E-state index contributed by atoms with van der Waals surface area (Å²) in [6.45, 7) is 18.8. The molecule has 1 aliphatic heterocycles. The van der Waals surface area contributed by atoms with Crippen molar-refractivity contribution in [3.8, 4) is 0 Å². The van der Waals surface area contributed by atoms with Crippen LogP contribution >= 0.6 is 0 Å². The van der Waals surface area contributed by atoms with E-state index in [-0.39, 0.29) is 0 Å². The van der Waals surface area contributed by atoms with Crippen molar-refractivity contribution >= 4 is 23.1 Å². The molecule has 0 atom stereocenters. The molecule has 1 aliphatic rings. The molecular formula is C34H51N5O. The minimum Gasteiger partial charge on any atom is -0.309 e. The Bertz CT molecular complexity index is 1280. The molecule has 0 spiro atoms. The van der Waals surface area contributed by atoms with Gasteiger partial charge in [0, 0.05) is 13.1 Å². The molecule has 40 heavy (non-hydrogen) atoms. The van der Waals surface area contributed by atoms with Crippen molar-refractivity contribution in [2.75, 3.05) is 32.7 Å². The normalized spacial score (nSPS) is 15.2. The van der Waals surface area contributed by atoms with Crippen LogP contribution in [0.2, 0.25) is 0 Å². The molecule has 0 bridgehead atoms. The van der Waals surface area contributed by atoms with Crippen LogP contribution in [0.3, 0.4) is 0 Å². The second-order valence-electron chi connectivity index (χ2n) is 12.5. The van der Waals surface area contributed by atoms with Crippen molar-refractivity contribution < 1.29 is 4.79 Å². The molecule has 2 aromatic carbocycles. The predicted octanol–water partition coefficient (Wildman–Crippen LogP) is 6.79. The van der Waals surface area contributed by atoms with Crippen molar-refractivity contribution in [2.24, 2.45) is 16.8 Å². The SMILES string of the molecule is Cc1ccccc1N=c1n(C=O)c2ccc(CN(CCC(C)C)CCC(C)C)cc2n1CCCN1CCCCC1. The topological polar surface area (TPSA) is 45.8 Å². The Hall–Kier alpha value is -2.70. The lowest BCUT2D eigenvalue weighted by Gasteiger charge is -2.26. The van der Waals surface area contributed by atoms with E-state index in [1.807, 2.05) is 18.2 Å². The highest BCUT2D eigenvalue weighted by atomic mass is 16.1. The highest BCUT2D eigenvalue weighted by Gasteiger charge is 2.16. The number of hydrogen-bond acceptors (Lipinski definition) is 4. The van der Waals surface area contributed by atoms with Crippen LogP contribution in [0, 0.1) is 18.8 Å². The lowest BCUT2D eigenvalue weighted by atomic mass is 10.1. The van der Waals surface area contributed by atoms with Crippen LogP contribution in [0.25, 0.3) is 11.0 Å². The number of carbonyl (C=O) groups is 1. The van der Waals surface area contributed by atoms with Crippen LogP contribution in [0.1, 0.15) is 77.3 Å². The molecule has 1 aromatic heterocycles. The van der Waals surface area contributed by atoms with Gasteiger partial charge in [-0.2, -0.15) is 0 Å². The molecule has 0 amide bonds. The molecule has 4 rings (SSSR count). The van der Waals surface area contributed by atoms with Gasteiger partial charge in [-0.3, -0.25) is 14.3 Å². The number of aryl methyl sites for hydroxylation is 2. The maximum absolute atomic E-state index is 12.5. The predicted molar refractivity (Wildman–Crippen MR) is 168 cm³/mol. The third-order valence-corrected chi connectivity index (χ3v) is 8.24. The second-order valence-corrected chi connectivity index (χ2v) is 12.5. The van der Waals surface area contributed by atoms with Crippen molar-refractivity contribution in [3.63, 3.8) is 0 Å². The van der Waals surface area contributed by atoms with Crippen LogP contribution in [-0.4, -0.2) is 58.1 Å². The number of hydrogen-bond donors (Lipinski definition) is 0. The summed E-state index contributed by atoms with van der Waals surface area (Å²) < 4.78 is 4.03. The van der Waals surface area contributed by atoms with Crippen molar-refractivity contribution in [3.05, 3.63) is 59.2 Å². The number of likely N-dealkylation sites (tertiary alicyclic amines) is 1. The standard InChI is InChI=1S/C34H51N5O/c1-27(2)16-22-37(23-17-28(3)4)25-30-14-15-32-33(24-30)38(21-11-20-36-18-9-6-10-19-36)34(39(32)26-40)35-31-13-8-7-12-29(31)5/h7-8,12-15,24,26-28H,6,9-11,16-23,25H2,1-5H3. The first-order valence-electron chi connectivity index (χ1n) is 15.6. The van der Waals surface area contributed by atoms with Crippen LogP contribution in [-0.2, 0) is 17.9 Å². The fourth-order valence-electron chi connectivity index (χ4n) is 5.71. The Kier molecular flexibility index (Phi) is 11.2. The highest BCUT2D eigenvalue weighted by Crippen LogP contribution is 2.21. The minimum absolute atomic E-state index is 0.693. The van der Waals surface area contributed by atoms with E-state index in [1.54, 1.807) is 4.57 Å². The van der Waals surface area contributed by atoms with Gasteiger partial charge in [-0.05, 0) is 113 Å². The fourth-order valence-corrected chi connectivity index (χ4v) is 5.71. The molecule has 0 aliphatic carbocycles.